The molecule has 0 bridgehead atoms. The van der Waals surface area contributed by atoms with Crippen molar-refractivity contribution in [2.45, 2.75) is 37.1 Å². The first kappa shape index (κ1) is 26.3. The summed E-state index contributed by atoms with van der Waals surface area (Å²) in [4.78, 5) is 19.7. The van der Waals surface area contributed by atoms with Crippen LogP contribution in [0, 0.1) is 0 Å². The number of hydrogen-bond donors (Lipinski definition) is 2. The largest absolute Gasteiger partial charge is 0.493 e. The van der Waals surface area contributed by atoms with Crippen LogP contribution < -0.4 is 25.1 Å². The molecule has 1 aliphatic carbocycles. The Hall–Kier alpha value is -3.30. The summed E-state index contributed by atoms with van der Waals surface area (Å²) in [5.41, 5.74) is 7.03. The maximum absolute atomic E-state index is 12.6. The van der Waals surface area contributed by atoms with Crippen LogP contribution in [0.25, 0.3) is 0 Å². The third kappa shape index (κ3) is 5.31. The van der Waals surface area contributed by atoms with E-state index in [0.29, 0.717) is 6.04 Å². The van der Waals surface area contributed by atoms with Crippen LogP contribution in [0.5, 0.6) is 11.5 Å². The van der Waals surface area contributed by atoms with Crippen molar-refractivity contribution in [3.8, 4) is 11.5 Å². The Kier molecular flexibility index (Phi) is 7.76. The number of rotatable bonds is 6. The lowest BCUT2D eigenvalue weighted by Gasteiger charge is -2.42. The highest BCUT2D eigenvalue weighted by Gasteiger charge is 2.50. The Balaban J connectivity index is 1.20. The molecular weight excluding hydrogens is 480 g/mol. The molecule has 204 valence electrons. The molecule has 2 N–H and O–H groups in total. The van der Waals surface area contributed by atoms with E-state index in [0.717, 1.165) is 81.3 Å². The number of anilines is 2. The first-order valence-electron chi connectivity index (χ1n) is 13.5. The minimum Gasteiger partial charge on any atom is -0.493 e. The van der Waals surface area contributed by atoms with E-state index in [-0.39, 0.29) is 11.4 Å². The molecule has 1 unspecified atom stereocenters. The number of hydrogen-bond acceptors (Lipinski definition) is 7. The zero-order valence-electron chi connectivity index (χ0n) is 23.0. The normalized spacial score (nSPS) is 25.2. The number of carbonyl (C=O) groups excluding carboxylic acids is 1. The van der Waals surface area contributed by atoms with Gasteiger partial charge >= 0.3 is 6.03 Å². The number of methoxy groups -OCH3 is 2. The Morgan fingerprint density at radius 1 is 0.947 bits per heavy atom. The van der Waals surface area contributed by atoms with Crippen molar-refractivity contribution in [3.05, 3.63) is 48.0 Å². The molecule has 3 aliphatic rings. The maximum atomic E-state index is 12.6. The fraction of sp³-hybridized carbons (Fsp3) is 0.517. The highest BCUT2D eigenvalue weighted by molar-refractivity contribution is 5.92. The Morgan fingerprint density at radius 3 is 2.39 bits per heavy atom. The number of likely N-dealkylation sites (tertiary alicyclic amines) is 1. The minimum atomic E-state index is -0.318. The van der Waals surface area contributed by atoms with Gasteiger partial charge in [-0.25, -0.2) is 10.2 Å². The lowest BCUT2D eigenvalue weighted by atomic mass is 9.65. The average Bonchev–Trinajstić information content (AvgIpc) is 3.29. The van der Waals surface area contributed by atoms with Gasteiger partial charge in [0.15, 0.2) is 11.5 Å². The quantitative estimate of drug-likeness (QED) is 0.565. The predicted molar refractivity (Wildman–Crippen MR) is 152 cm³/mol. The number of benzene rings is 2. The number of ether oxygens (including phenoxy) is 2. The lowest BCUT2D eigenvalue weighted by Crippen LogP contribution is -2.46. The van der Waals surface area contributed by atoms with Gasteiger partial charge in [0.2, 0.25) is 0 Å². The number of amides is 2. The van der Waals surface area contributed by atoms with Crippen LogP contribution in [0.2, 0.25) is 0 Å². The summed E-state index contributed by atoms with van der Waals surface area (Å²) in [6, 6.07) is 14.4. The second kappa shape index (κ2) is 11.2. The summed E-state index contributed by atoms with van der Waals surface area (Å²) in [6.45, 7) is 5.20. The summed E-state index contributed by atoms with van der Waals surface area (Å²) >= 11 is 0. The van der Waals surface area contributed by atoms with Gasteiger partial charge < -0.3 is 29.5 Å². The summed E-state index contributed by atoms with van der Waals surface area (Å²) in [5.74, 6) is 1.51. The van der Waals surface area contributed by atoms with Crippen molar-refractivity contribution in [3.63, 3.8) is 0 Å². The van der Waals surface area contributed by atoms with Crippen LogP contribution in [0.15, 0.2) is 47.6 Å². The summed E-state index contributed by atoms with van der Waals surface area (Å²) in [6.07, 6.45) is 3.74. The van der Waals surface area contributed by atoms with E-state index < -0.39 is 0 Å². The number of nitrogens with zero attached hydrogens (tertiary/aromatic N) is 4. The van der Waals surface area contributed by atoms with Crippen molar-refractivity contribution in [2.75, 3.05) is 71.3 Å². The predicted octanol–water partition coefficient (Wildman–Crippen LogP) is 3.76. The van der Waals surface area contributed by atoms with E-state index in [1.54, 1.807) is 14.2 Å². The van der Waals surface area contributed by atoms with Gasteiger partial charge in [0.05, 0.1) is 14.2 Å². The number of urea groups is 1. The fourth-order valence-electron chi connectivity index (χ4n) is 6.29. The van der Waals surface area contributed by atoms with Crippen LogP contribution >= 0.6 is 0 Å². The number of fused-ring (bicyclic) bond motifs is 1. The van der Waals surface area contributed by atoms with E-state index in [9.17, 15) is 4.79 Å². The molecule has 0 aromatic heterocycles. The van der Waals surface area contributed by atoms with Gasteiger partial charge in [-0.15, -0.1) is 0 Å². The molecule has 9 heteroatoms. The summed E-state index contributed by atoms with van der Waals surface area (Å²) in [7, 11) is 7.68. The lowest BCUT2D eigenvalue weighted by molar-refractivity contribution is 0.225. The van der Waals surface area contributed by atoms with Gasteiger partial charge in [-0.3, -0.25) is 0 Å². The third-order valence-electron chi connectivity index (χ3n) is 8.64. The van der Waals surface area contributed by atoms with Crippen molar-refractivity contribution >= 4 is 23.1 Å². The Labute approximate surface area is 225 Å². The molecule has 2 aliphatic heterocycles. The number of likely N-dealkylation sites (N-methyl/N-ethyl adjacent to an activating group) is 2. The molecule has 2 amide bonds. The average molecular weight is 521 g/mol. The van der Waals surface area contributed by atoms with Gasteiger partial charge in [-0.2, -0.15) is 5.10 Å². The van der Waals surface area contributed by atoms with Gasteiger partial charge in [-0.05, 0) is 81.9 Å². The van der Waals surface area contributed by atoms with E-state index in [1.165, 1.54) is 11.3 Å². The molecule has 38 heavy (non-hydrogen) atoms. The van der Waals surface area contributed by atoms with Gasteiger partial charge in [0.1, 0.15) is 0 Å². The topological polar surface area (TPSA) is 81.7 Å². The van der Waals surface area contributed by atoms with Gasteiger partial charge in [0.25, 0.3) is 0 Å². The van der Waals surface area contributed by atoms with Crippen molar-refractivity contribution in [2.24, 2.45) is 5.10 Å². The van der Waals surface area contributed by atoms with Crippen molar-refractivity contribution in [1.29, 1.82) is 0 Å². The zero-order chi connectivity index (χ0) is 26.7. The highest BCUT2D eigenvalue weighted by atomic mass is 16.5. The van der Waals surface area contributed by atoms with E-state index in [1.807, 2.05) is 18.2 Å². The number of nitrogens with one attached hydrogen (secondary N) is 2. The van der Waals surface area contributed by atoms with E-state index >= 15 is 0 Å². The molecule has 3 fully saturated rings. The van der Waals surface area contributed by atoms with Crippen LogP contribution in [0.1, 0.15) is 31.2 Å². The molecule has 2 heterocycles. The number of hydrazone groups is 1. The second-order valence-electron chi connectivity index (χ2n) is 10.8. The van der Waals surface area contributed by atoms with Crippen LogP contribution in [-0.4, -0.2) is 88.6 Å². The molecule has 2 aromatic rings. The Bertz CT molecular complexity index is 1160. The molecular formula is C29H40N6O3. The van der Waals surface area contributed by atoms with Crippen molar-refractivity contribution in [1.82, 2.24) is 15.2 Å². The second-order valence-corrected chi connectivity index (χ2v) is 10.8. The smallest absolute Gasteiger partial charge is 0.339 e. The molecule has 2 aromatic carbocycles. The summed E-state index contributed by atoms with van der Waals surface area (Å²) < 4.78 is 11.1. The van der Waals surface area contributed by atoms with Crippen molar-refractivity contribution < 1.29 is 14.3 Å². The third-order valence-corrected chi connectivity index (χ3v) is 8.64. The molecule has 2 atom stereocenters. The minimum absolute atomic E-state index is 0.0428. The first-order chi connectivity index (χ1) is 18.4. The SMILES string of the molecule is COc1ccc([C@@]23CC/C(=N\NC(=O)Nc4ccc(N5CCN(C)CC5)cc4)CC2N(C)CC3)cc1OC. The monoisotopic (exact) mass is 520 g/mol. The van der Waals surface area contributed by atoms with Crippen LogP contribution in [0.4, 0.5) is 16.2 Å². The molecule has 0 radical (unpaired) electrons. The molecule has 0 spiro atoms. The van der Waals surface area contributed by atoms with Crippen LogP contribution in [0.3, 0.4) is 0 Å². The highest BCUT2D eigenvalue weighted by Crippen LogP contribution is 2.49. The standard InChI is InChI=1S/C29H40N6O3/c1-33-15-17-35(18-16-33)24-8-6-22(7-9-24)30-28(36)32-31-23-11-12-29(13-14-34(2)27(29)20-23)21-5-10-25(37-3)26(19-21)38-4/h5-10,19,27H,11-18,20H2,1-4H3,(H2,30,32,36)/b31-23+/t27?,29-/m0/s1. The number of piperazine rings is 1. The van der Waals surface area contributed by atoms with Gasteiger partial charge in [-0.1, -0.05) is 6.07 Å². The molecule has 9 nitrogen and oxygen atoms in total. The molecule has 5 rings (SSSR count). The Morgan fingerprint density at radius 2 is 1.68 bits per heavy atom. The maximum Gasteiger partial charge on any atom is 0.339 e. The molecule has 1 saturated carbocycles. The fourth-order valence-corrected chi connectivity index (χ4v) is 6.29. The zero-order valence-corrected chi connectivity index (χ0v) is 23.0. The van der Waals surface area contributed by atoms with E-state index in [2.05, 4.69) is 68.9 Å². The molecule has 2 saturated heterocycles. The summed E-state index contributed by atoms with van der Waals surface area (Å²) in [5, 5.41) is 7.44. The first-order valence-corrected chi connectivity index (χ1v) is 13.5. The number of carbonyl (C=O) groups is 1. The van der Waals surface area contributed by atoms with Crippen LogP contribution in [-0.2, 0) is 5.41 Å². The van der Waals surface area contributed by atoms with Gasteiger partial charge in [0, 0.05) is 61.1 Å². The van der Waals surface area contributed by atoms with E-state index in [4.69, 9.17) is 9.47 Å².